The summed E-state index contributed by atoms with van der Waals surface area (Å²) in [5, 5.41) is 3.07. The number of nitrogens with one attached hydrogen (secondary N) is 1. The van der Waals surface area contributed by atoms with Gasteiger partial charge in [-0.25, -0.2) is 9.59 Å². The predicted octanol–water partition coefficient (Wildman–Crippen LogP) is 2.67. The van der Waals surface area contributed by atoms with Crippen molar-refractivity contribution in [3.05, 3.63) is 46.3 Å². The fraction of sp³-hybridized carbons (Fsp3) is 0.400. The number of esters is 2. The highest BCUT2D eigenvalue weighted by Crippen LogP contribution is 2.41. The Kier molecular flexibility index (Phi) is 6.50. The van der Waals surface area contributed by atoms with Crippen molar-refractivity contribution in [3.8, 4) is 11.5 Å². The number of carbonyl (C=O) groups is 2. The molecule has 1 heterocycles. The molecule has 0 unspecified atom stereocenters. The van der Waals surface area contributed by atoms with Gasteiger partial charge in [-0.2, -0.15) is 0 Å². The van der Waals surface area contributed by atoms with Gasteiger partial charge in [0.1, 0.15) is 0 Å². The van der Waals surface area contributed by atoms with Gasteiger partial charge in [0.2, 0.25) is 0 Å². The smallest absolute Gasteiger partial charge is 0.336 e. The molecule has 0 amide bonds. The molecule has 2 rings (SSSR count). The number of ether oxygens (including phenoxy) is 4. The summed E-state index contributed by atoms with van der Waals surface area (Å²) in [6.07, 6.45) is 0. The Morgan fingerprint density at radius 2 is 1.52 bits per heavy atom. The van der Waals surface area contributed by atoms with Crippen molar-refractivity contribution in [1.82, 2.24) is 5.32 Å². The van der Waals surface area contributed by atoms with E-state index in [4.69, 9.17) is 18.9 Å². The quantitative estimate of drug-likeness (QED) is 0.765. The van der Waals surface area contributed by atoms with Crippen molar-refractivity contribution in [2.45, 2.75) is 26.7 Å². The van der Waals surface area contributed by atoms with Crippen LogP contribution in [-0.2, 0) is 19.1 Å². The van der Waals surface area contributed by atoms with Crippen molar-refractivity contribution in [2.75, 3.05) is 27.9 Å². The van der Waals surface area contributed by atoms with Gasteiger partial charge in [0, 0.05) is 11.4 Å². The lowest BCUT2D eigenvalue weighted by atomic mass is 9.80. The zero-order valence-electron chi connectivity index (χ0n) is 16.5. The second-order valence-electron chi connectivity index (χ2n) is 5.96. The van der Waals surface area contributed by atoms with Gasteiger partial charge in [0.05, 0.1) is 45.0 Å². The minimum atomic E-state index is -0.657. The summed E-state index contributed by atoms with van der Waals surface area (Å²) >= 11 is 0. The van der Waals surface area contributed by atoms with Crippen molar-refractivity contribution in [3.63, 3.8) is 0 Å². The minimum Gasteiger partial charge on any atom is -0.493 e. The highest BCUT2D eigenvalue weighted by atomic mass is 16.5. The fourth-order valence-corrected chi connectivity index (χ4v) is 3.23. The van der Waals surface area contributed by atoms with E-state index in [1.54, 1.807) is 32.0 Å². The van der Waals surface area contributed by atoms with Crippen molar-refractivity contribution < 1.29 is 28.5 Å². The maximum atomic E-state index is 12.5. The average molecular weight is 375 g/mol. The van der Waals surface area contributed by atoms with Gasteiger partial charge in [0.15, 0.2) is 11.5 Å². The second-order valence-corrected chi connectivity index (χ2v) is 5.96. The molecule has 0 saturated carbocycles. The van der Waals surface area contributed by atoms with Crippen LogP contribution in [0.1, 0.15) is 32.3 Å². The van der Waals surface area contributed by atoms with E-state index in [-0.39, 0.29) is 0 Å². The van der Waals surface area contributed by atoms with Crippen LogP contribution in [0.25, 0.3) is 0 Å². The maximum Gasteiger partial charge on any atom is 0.336 e. The van der Waals surface area contributed by atoms with Crippen LogP contribution >= 0.6 is 0 Å². The molecule has 0 spiro atoms. The molecular weight excluding hydrogens is 350 g/mol. The molecule has 7 heteroatoms. The summed E-state index contributed by atoms with van der Waals surface area (Å²) < 4.78 is 20.9. The van der Waals surface area contributed by atoms with Gasteiger partial charge in [0.25, 0.3) is 0 Å². The third kappa shape index (κ3) is 3.92. The number of hydrogen-bond donors (Lipinski definition) is 1. The molecule has 1 aromatic carbocycles. The molecular formula is C20H25NO6. The minimum absolute atomic E-state index is 0.342. The Morgan fingerprint density at radius 3 is 1.96 bits per heavy atom. The molecule has 1 N–H and O–H groups in total. The topological polar surface area (TPSA) is 83.1 Å². The molecule has 0 radical (unpaired) electrons. The first-order valence-corrected chi connectivity index (χ1v) is 8.55. The highest BCUT2D eigenvalue weighted by molar-refractivity contribution is 5.99. The lowest BCUT2D eigenvalue weighted by Crippen LogP contribution is -2.32. The Morgan fingerprint density at radius 1 is 0.963 bits per heavy atom. The molecule has 27 heavy (non-hydrogen) atoms. The third-order valence-electron chi connectivity index (χ3n) is 4.39. The Hall–Kier alpha value is -2.96. The molecule has 0 bridgehead atoms. The van der Waals surface area contributed by atoms with Crippen LogP contribution in [0.2, 0.25) is 0 Å². The van der Waals surface area contributed by atoms with Gasteiger partial charge >= 0.3 is 11.9 Å². The SMILES string of the molecule is CCOc1ccc(C2C(C(=O)OC)=C(C)NC(C)=C2C(=O)OC)cc1OC. The monoisotopic (exact) mass is 375 g/mol. The van der Waals surface area contributed by atoms with E-state index in [1.807, 2.05) is 6.92 Å². The number of allylic oxidation sites excluding steroid dienone is 2. The fourth-order valence-electron chi connectivity index (χ4n) is 3.23. The van der Waals surface area contributed by atoms with Crippen LogP contribution < -0.4 is 14.8 Å². The third-order valence-corrected chi connectivity index (χ3v) is 4.39. The first-order valence-electron chi connectivity index (χ1n) is 8.55. The Balaban J connectivity index is 2.69. The van der Waals surface area contributed by atoms with Crippen molar-refractivity contribution in [2.24, 2.45) is 0 Å². The van der Waals surface area contributed by atoms with Gasteiger partial charge in [-0.05, 0) is 38.5 Å². The average Bonchev–Trinajstić information content (AvgIpc) is 2.66. The summed E-state index contributed by atoms with van der Waals surface area (Å²) in [5.74, 6) is -0.607. The lowest BCUT2D eigenvalue weighted by Gasteiger charge is -2.30. The van der Waals surface area contributed by atoms with Crippen LogP contribution in [0, 0.1) is 0 Å². The second kappa shape index (κ2) is 8.62. The first-order chi connectivity index (χ1) is 12.9. The molecule has 7 nitrogen and oxygen atoms in total. The molecule has 1 aliphatic rings. The molecule has 0 aliphatic carbocycles. The molecule has 0 aromatic heterocycles. The van der Waals surface area contributed by atoms with E-state index in [2.05, 4.69) is 5.32 Å². The van der Waals surface area contributed by atoms with E-state index < -0.39 is 17.9 Å². The van der Waals surface area contributed by atoms with Crippen LogP contribution in [0.4, 0.5) is 0 Å². The van der Waals surface area contributed by atoms with Gasteiger partial charge < -0.3 is 24.3 Å². The summed E-state index contributed by atoms with van der Waals surface area (Å²) in [6.45, 7) is 5.90. The molecule has 1 aromatic rings. The first kappa shape index (κ1) is 20.4. The summed E-state index contributed by atoms with van der Waals surface area (Å²) in [6, 6.07) is 5.32. The zero-order chi connectivity index (χ0) is 20.1. The molecule has 0 atom stereocenters. The van der Waals surface area contributed by atoms with Crippen LogP contribution in [0.15, 0.2) is 40.7 Å². The molecule has 0 fully saturated rings. The molecule has 0 saturated heterocycles. The predicted molar refractivity (Wildman–Crippen MR) is 99.5 cm³/mol. The lowest BCUT2D eigenvalue weighted by molar-refractivity contribution is -0.137. The number of methoxy groups -OCH3 is 3. The summed E-state index contributed by atoms with van der Waals surface area (Å²) in [5.41, 5.74) is 2.61. The van der Waals surface area contributed by atoms with Crippen LogP contribution in [0.5, 0.6) is 11.5 Å². The van der Waals surface area contributed by atoms with Crippen LogP contribution in [0.3, 0.4) is 0 Å². The van der Waals surface area contributed by atoms with E-state index >= 15 is 0 Å². The van der Waals surface area contributed by atoms with E-state index in [0.29, 0.717) is 46.2 Å². The maximum absolute atomic E-state index is 12.5. The van der Waals surface area contributed by atoms with Gasteiger partial charge in [-0.1, -0.05) is 6.07 Å². The Bertz CT molecular complexity index is 771. The zero-order valence-corrected chi connectivity index (χ0v) is 16.5. The number of rotatable bonds is 6. The van der Waals surface area contributed by atoms with E-state index in [0.717, 1.165) is 0 Å². The number of dihydropyridines is 1. The molecule has 1 aliphatic heterocycles. The highest BCUT2D eigenvalue weighted by Gasteiger charge is 2.37. The van der Waals surface area contributed by atoms with Gasteiger partial charge in [-0.3, -0.25) is 0 Å². The van der Waals surface area contributed by atoms with Gasteiger partial charge in [-0.15, -0.1) is 0 Å². The van der Waals surface area contributed by atoms with E-state index in [1.165, 1.54) is 21.3 Å². The van der Waals surface area contributed by atoms with Crippen molar-refractivity contribution >= 4 is 11.9 Å². The van der Waals surface area contributed by atoms with E-state index in [9.17, 15) is 9.59 Å². The molecule has 146 valence electrons. The number of hydrogen-bond acceptors (Lipinski definition) is 7. The van der Waals surface area contributed by atoms with Crippen LogP contribution in [-0.4, -0.2) is 39.9 Å². The summed E-state index contributed by atoms with van der Waals surface area (Å²) in [7, 11) is 4.15. The largest absolute Gasteiger partial charge is 0.493 e. The number of benzene rings is 1. The number of carbonyl (C=O) groups excluding carboxylic acids is 2. The Labute approximate surface area is 158 Å². The van der Waals surface area contributed by atoms with Crippen molar-refractivity contribution in [1.29, 1.82) is 0 Å². The normalized spacial score (nSPS) is 14.6. The summed E-state index contributed by atoms with van der Waals surface area (Å²) in [4.78, 5) is 25.0. The standard InChI is InChI=1S/C20H25NO6/c1-7-27-14-9-8-13(10-15(14)24-4)18-16(19(22)25-5)11(2)21-12(3)17(18)20(23)26-6/h8-10,18,21H,7H2,1-6H3.